The van der Waals surface area contributed by atoms with E-state index in [1.165, 1.54) is 0 Å². The maximum atomic E-state index is 12.2. The fourth-order valence-corrected chi connectivity index (χ4v) is 3.32. The van der Waals surface area contributed by atoms with Crippen LogP contribution in [0.3, 0.4) is 0 Å². The van der Waals surface area contributed by atoms with Gasteiger partial charge in [-0.3, -0.25) is 4.79 Å². The molecule has 0 aromatic heterocycles. The lowest BCUT2D eigenvalue weighted by atomic mass is 10.1. The van der Waals surface area contributed by atoms with E-state index in [4.69, 9.17) is 14.2 Å². The Labute approximate surface area is 159 Å². The first-order chi connectivity index (χ1) is 12.6. The van der Waals surface area contributed by atoms with Crippen LogP contribution in [0.5, 0.6) is 17.2 Å². The van der Waals surface area contributed by atoms with Crippen LogP contribution in [0.25, 0.3) is 0 Å². The summed E-state index contributed by atoms with van der Waals surface area (Å²) in [4.78, 5) is 12.2. The molecule has 0 spiro atoms. The molecule has 26 heavy (non-hydrogen) atoms. The van der Waals surface area contributed by atoms with E-state index in [9.17, 15) is 4.79 Å². The number of benzene rings is 2. The molecule has 140 valence electrons. The van der Waals surface area contributed by atoms with E-state index in [0.717, 1.165) is 34.1 Å². The first-order valence-electron chi connectivity index (χ1n) is 8.29. The number of hydrogen-bond acceptors (Lipinski definition) is 5. The minimum absolute atomic E-state index is 0.0131. The van der Waals surface area contributed by atoms with Crippen LogP contribution in [-0.2, 0) is 10.5 Å². The predicted molar refractivity (Wildman–Crippen MR) is 105 cm³/mol. The van der Waals surface area contributed by atoms with Gasteiger partial charge in [0.1, 0.15) is 17.2 Å². The zero-order chi connectivity index (χ0) is 18.9. The van der Waals surface area contributed by atoms with Crippen molar-refractivity contribution in [3.63, 3.8) is 0 Å². The van der Waals surface area contributed by atoms with Gasteiger partial charge in [-0.15, -0.1) is 11.8 Å². The zero-order valence-corrected chi connectivity index (χ0v) is 16.4. The van der Waals surface area contributed by atoms with Crippen LogP contribution in [0.15, 0.2) is 42.5 Å². The van der Waals surface area contributed by atoms with Crippen molar-refractivity contribution in [1.29, 1.82) is 0 Å². The number of amides is 1. The number of nitrogens with one attached hydrogen (secondary N) is 1. The molecule has 1 amide bonds. The lowest BCUT2D eigenvalue weighted by Gasteiger charge is -2.18. The Hall–Kier alpha value is -2.34. The Balaban J connectivity index is 1.86. The first kappa shape index (κ1) is 20.0. The monoisotopic (exact) mass is 375 g/mol. The first-order valence-corrected chi connectivity index (χ1v) is 9.44. The lowest BCUT2D eigenvalue weighted by molar-refractivity contribution is -0.119. The molecule has 0 bridgehead atoms. The molecule has 0 aliphatic heterocycles. The molecule has 0 unspecified atom stereocenters. The normalized spacial score (nSPS) is 11.5. The van der Waals surface area contributed by atoms with Crippen molar-refractivity contribution in [3.8, 4) is 17.2 Å². The second kappa shape index (κ2) is 9.97. The van der Waals surface area contributed by atoms with Crippen LogP contribution in [0.2, 0.25) is 0 Å². The molecule has 1 atom stereocenters. The molecule has 0 saturated carbocycles. The summed E-state index contributed by atoms with van der Waals surface area (Å²) in [5, 5.41) is 3.01. The summed E-state index contributed by atoms with van der Waals surface area (Å²) in [7, 11) is 4.88. The molecule has 6 heteroatoms. The van der Waals surface area contributed by atoms with Crippen molar-refractivity contribution in [3.05, 3.63) is 53.6 Å². The maximum Gasteiger partial charge on any atom is 0.230 e. The van der Waals surface area contributed by atoms with Gasteiger partial charge in [0, 0.05) is 11.3 Å². The van der Waals surface area contributed by atoms with E-state index in [1.54, 1.807) is 33.1 Å². The number of ether oxygens (including phenoxy) is 3. The van der Waals surface area contributed by atoms with E-state index in [2.05, 4.69) is 5.32 Å². The van der Waals surface area contributed by atoms with Gasteiger partial charge in [0.15, 0.2) is 0 Å². The summed E-state index contributed by atoms with van der Waals surface area (Å²) in [6, 6.07) is 13.3. The van der Waals surface area contributed by atoms with Gasteiger partial charge in [-0.1, -0.05) is 12.1 Å². The molecule has 0 aliphatic carbocycles. The highest BCUT2D eigenvalue weighted by molar-refractivity contribution is 7.99. The van der Waals surface area contributed by atoms with Crippen LogP contribution < -0.4 is 19.5 Å². The predicted octanol–water partition coefficient (Wildman–Crippen LogP) is 3.82. The molecule has 1 N–H and O–H groups in total. The molecule has 0 aliphatic rings. The topological polar surface area (TPSA) is 56.8 Å². The Morgan fingerprint density at radius 1 is 1.00 bits per heavy atom. The van der Waals surface area contributed by atoms with Gasteiger partial charge in [-0.05, 0) is 42.8 Å². The van der Waals surface area contributed by atoms with Gasteiger partial charge < -0.3 is 19.5 Å². The van der Waals surface area contributed by atoms with Gasteiger partial charge in [0.2, 0.25) is 5.91 Å². The number of hydrogen-bond donors (Lipinski definition) is 1. The molecular formula is C20H25NO4S. The summed E-state index contributed by atoms with van der Waals surface area (Å²) in [6.45, 7) is 1.93. The SMILES string of the molecule is COc1ccc(CSCC(=O)N[C@H](C)c2cc(OC)ccc2OC)cc1. The molecule has 2 rings (SSSR count). The summed E-state index contributed by atoms with van der Waals surface area (Å²) >= 11 is 1.57. The van der Waals surface area contributed by atoms with E-state index in [1.807, 2.05) is 49.4 Å². The average molecular weight is 375 g/mol. The van der Waals surface area contributed by atoms with Crippen molar-refractivity contribution >= 4 is 17.7 Å². The van der Waals surface area contributed by atoms with Gasteiger partial charge in [0.05, 0.1) is 33.1 Å². The van der Waals surface area contributed by atoms with E-state index in [-0.39, 0.29) is 11.9 Å². The molecular weight excluding hydrogens is 350 g/mol. The van der Waals surface area contributed by atoms with Crippen molar-refractivity contribution in [2.45, 2.75) is 18.7 Å². The fourth-order valence-electron chi connectivity index (χ4n) is 2.52. The molecule has 0 radical (unpaired) electrons. The van der Waals surface area contributed by atoms with Crippen LogP contribution in [0, 0.1) is 0 Å². The van der Waals surface area contributed by atoms with Crippen LogP contribution in [0.4, 0.5) is 0 Å². The number of rotatable bonds is 9. The Morgan fingerprint density at radius 2 is 1.65 bits per heavy atom. The fraction of sp³-hybridized carbons (Fsp3) is 0.350. The summed E-state index contributed by atoms with van der Waals surface area (Å²) in [6.07, 6.45) is 0. The summed E-state index contributed by atoms with van der Waals surface area (Å²) in [5.41, 5.74) is 2.05. The number of carbonyl (C=O) groups excluding carboxylic acids is 1. The second-order valence-corrected chi connectivity index (χ2v) is 6.72. The van der Waals surface area contributed by atoms with E-state index >= 15 is 0 Å². The maximum absolute atomic E-state index is 12.2. The van der Waals surface area contributed by atoms with Gasteiger partial charge in [-0.2, -0.15) is 0 Å². The van der Waals surface area contributed by atoms with Gasteiger partial charge >= 0.3 is 0 Å². The molecule has 0 saturated heterocycles. The molecule has 5 nitrogen and oxygen atoms in total. The summed E-state index contributed by atoms with van der Waals surface area (Å²) in [5.74, 6) is 3.44. The zero-order valence-electron chi connectivity index (χ0n) is 15.6. The minimum atomic E-state index is -0.172. The van der Waals surface area contributed by atoms with Crippen LogP contribution >= 0.6 is 11.8 Å². The van der Waals surface area contributed by atoms with E-state index in [0.29, 0.717) is 5.75 Å². The molecule has 2 aromatic rings. The third-order valence-electron chi connectivity index (χ3n) is 3.94. The Kier molecular flexibility index (Phi) is 7.66. The smallest absolute Gasteiger partial charge is 0.230 e. The molecule has 0 heterocycles. The van der Waals surface area contributed by atoms with Gasteiger partial charge in [-0.25, -0.2) is 0 Å². The second-order valence-electron chi connectivity index (χ2n) is 5.74. The third-order valence-corrected chi connectivity index (χ3v) is 4.95. The van der Waals surface area contributed by atoms with Crippen molar-refractivity contribution < 1.29 is 19.0 Å². The highest BCUT2D eigenvalue weighted by Crippen LogP contribution is 2.29. The number of methoxy groups -OCH3 is 3. The molecule has 2 aromatic carbocycles. The summed E-state index contributed by atoms with van der Waals surface area (Å²) < 4.78 is 15.8. The third kappa shape index (κ3) is 5.59. The number of thioether (sulfide) groups is 1. The van der Waals surface area contributed by atoms with Crippen molar-refractivity contribution in [2.24, 2.45) is 0 Å². The quantitative estimate of drug-likeness (QED) is 0.722. The lowest BCUT2D eigenvalue weighted by Crippen LogP contribution is -2.28. The minimum Gasteiger partial charge on any atom is -0.497 e. The Bertz CT molecular complexity index is 718. The van der Waals surface area contributed by atoms with E-state index < -0.39 is 0 Å². The van der Waals surface area contributed by atoms with Crippen molar-refractivity contribution in [1.82, 2.24) is 5.32 Å². The Morgan fingerprint density at radius 3 is 2.27 bits per heavy atom. The van der Waals surface area contributed by atoms with Crippen molar-refractivity contribution in [2.75, 3.05) is 27.1 Å². The standard InChI is InChI=1S/C20H25NO4S/c1-14(18-11-17(24-3)9-10-19(18)25-4)21-20(22)13-26-12-15-5-7-16(23-2)8-6-15/h5-11,14H,12-13H2,1-4H3,(H,21,22)/t14-/m1/s1. The van der Waals surface area contributed by atoms with Gasteiger partial charge in [0.25, 0.3) is 0 Å². The molecule has 0 fully saturated rings. The van der Waals surface area contributed by atoms with Crippen LogP contribution in [0.1, 0.15) is 24.1 Å². The number of carbonyl (C=O) groups is 1. The highest BCUT2D eigenvalue weighted by Gasteiger charge is 2.15. The van der Waals surface area contributed by atoms with Crippen LogP contribution in [-0.4, -0.2) is 33.0 Å². The highest BCUT2D eigenvalue weighted by atomic mass is 32.2. The largest absolute Gasteiger partial charge is 0.497 e. The average Bonchev–Trinajstić information content (AvgIpc) is 2.67.